The fourth-order valence-corrected chi connectivity index (χ4v) is 3.02. The molecule has 1 aromatic carbocycles. The number of nitrogens with zero attached hydrogens (tertiary/aromatic N) is 4. The third kappa shape index (κ3) is 3.82. The van der Waals surface area contributed by atoms with Crippen molar-refractivity contribution in [3.8, 4) is 0 Å². The van der Waals surface area contributed by atoms with E-state index in [1.807, 2.05) is 0 Å². The number of nitrogens with one attached hydrogen (secondary N) is 1. The van der Waals surface area contributed by atoms with Gasteiger partial charge >= 0.3 is 5.69 Å². The average Bonchev–Trinajstić information content (AvgIpc) is 3.07. The van der Waals surface area contributed by atoms with Gasteiger partial charge in [-0.15, -0.1) is 0 Å². The zero-order valence-corrected chi connectivity index (χ0v) is 16.4. The molecular weight excluding hydrogens is 384 g/mol. The Morgan fingerprint density at radius 3 is 2.38 bits per heavy atom. The highest BCUT2D eigenvalue weighted by Crippen LogP contribution is 2.32. The number of halogens is 2. The Morgan fingerprint density at radius 1 is 1.17 bits per heavy atom. The average molecular weight is 405 g/mol. The number of hydrogen-bond donors (Lipinski definition) is 1. The number of aryl methyl sites for hydroxylation is 1. The van der Waals surface area contributed by atoms with Crippen LogP contribution in [0.25, 0.3) is 11.2 Å². The van der Waals surface area contributed by atoms with Crippen LogP contribution in [0.2, 0.25) is 0 Å². The van der Waals surface area contributed by atoms with Gasteiger partial charge in [-0.05, 0) is 24.6 Å². The van der Waals surface area contributed by atoms with E-state index in [2.05, 4.69) is 10.3 Å². The molecule has 1 atom stereocenters. The van der Waals surface area contributed by atoms with E-state index < -0.39 is 29.0 Å². The molecule has 29 heavy (non-hydrogen) atoms. The molecular formula is C19H21F2N5O3. The summed E-state index contributed by atoms with van der Waals surface area (Å²) >= 11 is 0. The standard InChI is InChI=1S/C19H21F2N5O3/c1-11(19(2,20)21)12-5-7-13(8-6-12)23-14(27)9-26-10-22-16-15(26)17(28)25(4)18(29)24(16)3/h5-8,10-11H,9H2,1-4H3,(H,23,27). The third-order valence-electron chi connectivity index (χ3n) is 4.99. The molecule has 0 saturated carbocycles. The minimum atomic E-state index is -2.85. The second-order valence-electron chi connectivity index (χ2n) is 7.10. The SMILES string of the molecule is CC(c1ccc(NC(=O)Cn2cnc3c2c(=O)n(C)c(=O)n3C)cc1)C(C)(F)F. The molecule has 3 rings (SSSR count). The van der Waals surface area contributed by atoms with Crippen LogP contribution < -0.4 is 16.6 Å². The van der Waals surface area contributed by atoms with Crippen molar-refractivity contribution in [1.29, 1.82) is 0 Å². The first-order chi connectivity index (χ1) is 13.5. The van der Waals surface area contributed by atoms with E-state index in [9.17, 15) is 23.2 Å². The number of hydrogen-bond acceptors (Lipinski definition) is 4. The minimum absolute atomic E-state index is 0.138. The summed E-state index contributed by atoms with van der Waals surface area (Å²) in [5.41, 5.74) is 0.163. The van der Waals surface area contributed by atoms with Crippen molar-refractivity contribution in [2.75, 3.05) is 5.32 Å². The van der Waals surface area contributed by atoms with Gasteiger partial charge in [0.1, 0.15) is 6.54 Å². The zero-order valence-electron chi connectivity index (χ0n) is 16.4. The Kier molecular flexibility index (Phi) is 5.12. The molecule has 2 aromatic heterocycles. The largest absolute Gasteiger partial charge is 0.332 e. The molecule has 154 valence electrons. The molecule has 1 amide bonds. The number of carbonyl (C=O) groups excluding carboxylic acids is 1. The van der Waals surface area contributed by atoms with Crippen LogP contribution in [0.5, 0.6) is 0 Å². The summed E-state index contributed by atoms with van der Waals surface area (Å²) in [6, 6.07) is 6.17. The van der Waals surface area contributed by atoms with Crippen LogP contribution in [0.15, 0.2) is 40.2 Å². The smallest absolute Gasteiger partial charge is 0.325 e. The topological polar surface area (TPSA) is 90.9 Å². The molecule has 0 fully saturated rings. The fourth-order valence-electron chi connectivity index (χ4n) is 3.02. The van der Waals surface area contributed by atoms with Crippen LogP contribution in [0.3, 0.4) is 0 Å². The summed E-state index contributed by atoms with van der Waals surface area (Å²) in [6.45, 7) is 2.10. The normalized spacial score (nSPS) is 12.9. The van der Waals surface area contributed by atoms with E-state index in [4.69, 9.17) is 0 Å². The van der Waals surface area contributed by atoms with Crippen LogP contribution in [0.1, 0.15) is 25.3 Å². The maximum absolute atomic E-state index is 13.4. The molecule has 1 N–H and O–H groups in total. The predicted molar refractivity (Wildman–Crippen MR) is 104 cm³/mol. The van der Waals surface area contributed by atoms with Crippen molar-refractivity contribution in [1.82, 2.24) is 18.7 Å². The van der Waals surface area contributed by atoms with Crippen molar-refractivity contribution in [2.24, 2.45) is 14.1 Å². The third-order valence-corrected chi connectivity index (χ3v) is 4.99. The Hall–Kier alpha value is -3.30. The predicted octanol–water partition coefficient (Wildman–Crippen LogP) is 1.83. The highest BCUT2D eigenvalue weighted by molar-refractivity contribution is 5.91. The van der Waals surface area contributed by atoms with E-state index in [0.29, 0.717) is 11.3 Å². The molecule has 8 nitrogen and oxygen atoms in total. The van der Waals surface area contributed by atoms with Gasteiger partial charge in [0, 0.05) is 25.7 Å². The molecule has 10 heteroatoms. The van der Waals surface area contributed by atoms with Gasteiger partial charge in [0.25, 0.3) is 11.5 Å². The number of alkyl halides is 2. The van der Waals surface area contributed by atoms with Gasteiger partial charge in [-0.2, -0.15) is 0 Å². The molecule has 1 unspecified atom stereocenters. The van der Waals surface area contributed by atoms with E-state index in [0.717, 1.165) is 11.5 Å². The maximum Gasteiger partial charge on any atom is 0.332 e. The molecule has 0 aliphatic rings. The van der Waals surface area contributed by atoms with E-state index in [-0.39, 0.29) is 17.7 Å². The van der Waals surface area contributed by atoms with Crippen molar-refractivity contribution in [3.63, 3.8) is 0 Å². The Morgan fingerprint density at radius 2 is 1.79 bits per heavy atom. The fraction of sp³-hybridized carbons (Fsp3) is 0.368. The van der Waals surface area contributed by atoms with E-state index in [1.54, 1.807) is 12.1 Å². The second-order valence-corrected chi connectivity index (χ2v) is 7.10. The van der Waals surface area contributed by atoms with Gasteiger partial charge in [0.05, 0.1) is 6.33 Å². The lowest BCUT2D eigenvalue weighted by Crippen LogP contribution is -2.37. The number of rotatable bonds is 5. The van der Waals surface area contributed by atoms with E-state index >= 15 is 0 Å². The van der Waals surface area contributed by atoms with Gasteiger partial charge in [-0.25, -0.2) is 18.6 Å². The second kappa shape index (κ2) is 7.26. The summed E-state index contributed by atoms with van der Waals surface area (Å²) in [7, 11) is 2.84. The lowest BCUT2D eigenvalue weighted by molar-refractivity contribution is -0.116. The lowest BCUT2D eigenvalue weighted by atomic mass is 9.95. The van der Waals surface area contributed by atoms with Crippen LogP contribution in [0, 0.1) is 0 Å². The van der Waals surface area contributed by atoms with E-state index in [1.165, 1.54) is 48.6 Å². The first-order valence-corrected chi connectivity index (χ1v) is 8.89. The highest BCUT2D eigenvalue weighted by Gasteiger charge is 2.31. The summed E-state index contributed by atoms with van der Waals surface area (Å²) in [4.78, 5) is 40.8. The molecule has 0 radical (unpaired) electrons. The van der Waals surface area contributed by atoms with Crippen LogP contribution >= 0.6 is 0 Å². The number of fused-ring (bicyclic) bond motifs is 1. The number of imidazole rings is 1. The van der Waals surface area contributed by atoms with Gasteiger partial charge in [-0.3, -0.25) is 18.7 Å². The Labute approximate surface area is 164 Å². The van der Waals surface area contributed by atoms with Gasteiger partial charge in [0.2, 0.25) is 5.91 Å². The van der Waals surface area contributed by atoms with Gasteiger partial charge < -0.3 is 9.88 Å². The zero-order chi connectivity index (χ0) is 21.5. The molecule has 0 aliphatic heterocycles. The maximum atomic E-state index is 13.4. The van der Waals surface area contributed by atoms with Crippen molar-refractivity contribution in [2.45, 2.75) is 32.2 Å². The molecule has 3 aromatic rings. The van der Waals surface area contributed by atoms with Crippen LogP contribution in [0.4, 0.5) is 14.5 Å². The van der Waals surface area contributed by atoms with Crippen molar-refractivity contribution >= 4 is 22.8 Å². The highest BCUT2D eigenvalue weighted by atomic mass is 19.3. The molecule has 2 heterocycles. The number of carbonyl (C=O) groups is 1. The molecule has 0 bridgehead atoms. The number of amides is 1. The molecule has 0 spiro atoms. The number of benzene rings is 1. The first kappa shape index (κ1) is 20.4. The quantitative estimate of drug-likeness (QED) is 0.701. The van der Waals surface area contributed by atoms with Gasteiger partial charge in [0.15, 0.2) is 11.2 Å². The van der Waals surface area contributed by atoms with Crippen LogP contribution in [-0.4, -0.2) is 30.5 Å². The number of anilines is 1. The monoisotopic (exact) mass is 405 g/mol. The Bertz CT molecular complexity index is 1190. The summed E-state index contributed by atoms with van der Waals surface area (Å²) < 4.78 is 30.4. The summed E-state index contributed by atoms with van der Waals surface area (Å²) in [6.07, 6.45) is 1.32. The molecule has 0 saturated heterocycles. The minimum Gasteiger partial charge on any atom is -0.325 e. The number of aromatic nitrogens is 4. The summed E-state index contributed by atoms with van der Waals surface area (Å²) in [5.74, 6) is -4.23. The van der Waals surface area contributed by atoms with Gasteiger partial charge in [-0.1, -0.05) is 19.1 Å². The lowest BCUT2D eigenvalue weighted by Gasteiger charge is -2.19. The van der Waals surface area contributed by atoms with Crippen LogP contribution in [-0.2, 0) is 25.4 Å². The van der Waals surface area contributed by atoms with Crippen molar-refractivity contribution in [3.05, 3.63) is 57.0 Å². The first-order valence-electron chi connectivity index (χ1n) is 8.89. The summed E-state index contributed by atoms with van der Waals surface area (Å²) in [5, 5.41) is 2.66. The van der Waals surface area contributed by atoms with Crippen molar-refractivity contribution < 1.29 is 13.6 Å². The molecule has 0 aliphatic carbocycles. The Balaban J connectivity index is 1.80.